The van der Waals surface area contributed by atoms with E-state index in [9.17, 15) is 9.90 Å². The molecule has 0 saturated carbocycles. The summed E-state index contributed by atoms with van der Waals surface area (Å²) in [5.74, 6) is -1.19. The number of aliphatic hydroxyl groups excluding tert-OH is 1. The first-order valence-electron chi connectivity index (χ1n) is 4.30. The van der Waals surface area contributed by atoms with Gasteiger partial charge in [-0.25, -0.2) is 0 Å². The van der Waals surface area contributed by atoms with Crippen molar-refractivity contribution >= 4 is 12.0 Å². The highest BCUT2D eigenvalue weighted by molar-refractivity contribution is 5.82. The van der Waals surface area contributed by atoms with E-state index in [1.165, 1.54) is 6.92 Å². The summed E-state index contributed by atoms with van der Waals surface area (Å²) in [6.07, 6.45) is 2.68. The van der Waals surface area contributed by atoms with Crippen molar-refractivity contribution in [3.8, 4) is 0 Å². The van der Waals surface area contributed by atoms with E-state index in [-0.39, 0.29) is 5.57 Å². The summed E-state index contributed by atoms with van der Waals surface area (Å²) in [7, 11) is 0. The number of aliphatic carboxylic acids is 1. The Labute approximate surface area is 89.0 Å². The Bertz CT molecular complexity index is 327. The van der Waals surface area contributed by atoms with Crippen LogP contribution in [0, 0.1) is 0 Å². The molecule has 1 aromatic rings. The molecule has 0 aliphatic heterocycles. The predicted molar refractivity (Wildman–Crippen MR) is 57.9 cm³/mol. The molecule has 0 radical (unpaired) electrons. The third-order valence-corrected chi connectivity index (χ3v) is 1.42. The highest BCUT2D eigenvalue weighted by atomic mass is 16.4. The van der Waals surface area contributed by atoms with E-state index in [1.54, 1.807) is 6.08 Å². The lowest BCUT2D eigenvalue weighted by Crippen LogP contribution is -2.22. The number of rotatable bonds is 2. The minimum Gasteiger partial charge on any atom is -0.545 e. The van der Waals surface area contributed by atoms with Crippen molar-refractivity contribution in [2.24, 2.45) is 0 Å². The molecular formula is C12H13O3-. The van der Waals surface area contributed by atoms with Crippen molar-refractivity contribution in [3.05, 3.63) is 54.3 Å². The lowest BCUT2D eigenvalue weighted by atomic mass is 10.2. The average molecular weight is 205 g/mol. The molecule has 0 heterocycles. The zero-order valence-electron chi connectivity index (χ0n) is 8.51. The summed E-state index contributed by atoms with van der Waals surface area (Å²) in [4.78, 5) is 9.49. The van der Waals surface area contributed by atoms with Gasteiger partial charge in [-0.1, -0.05) is 36.9 Å². The second kappa shape index (κ2) is 7.38. The molecule has 0 unspecified atom stereocenters. The molecule has 15 heavy (non-hydrogen) atoms. The fraction of sp³-hybridized carbons (Fsp3) is 0.0833. The van der Waals surface area contributed by atoms with Gasteiger partial charge in [0.1, 0.15) is 0 Å². The van der Waals surface area contributed by atoms with E-state index in [2.05, 4.69) is 6.58 Å². The maximum absolute atomic E-state index is 9.49. The average Bonchev–Trinajstić information content (AvgIpc) is 2.20. The lowest BCUT2D eigenvalue weighted by molar-refractivity contribution is -0.299. The van der Waals surface area contributed by atoms with Gasteiger partial charge in [-0.05, 0) is 24.1 Å². The van der Waals surface area contributed by atoms with Crippen molar-refractivity contribution in [2.45, 2.75) is 6.92 Å². The second-order valence-electron chi connectivity index (χ2n) is 2.79. The summed E-state index contributed by atoms with van der Waals surface area (Å²) in [5.41, 5.74) is 1.08. The largest absolute Gasteiger partial charge is 0.545 e. The number of hydrogen-bond acceptors (Lipinski definition) is 3. The summed E-state index contributed by atoms with van der Waals surface area (Å²) < 4.78 is 0. The number of carbonyl (C=O) groups excluding carboxylic acids is 1. The Balaban J connectivity index is 0.000000288. The molecule has 0 atom stereocenters. The minimum atomic E-state index is -1.19. The van der Waals surface area contributed by atoms with Crippen LogP contribution >= 0.6 is 0 Å². The zero-order chi connectivity index (χ0) is 11.7. The van der Waals surface area contributed by atoms with Crippen LogP contribution in [0.3, 0.4) is 0 Å². The fourth-order valence-electron chi connectivity index (χ4n) is 0.650. The van der Waals surface area contributed by atoms with E-state index >= 15 is 0 Å². The first-order valence-corrected chi connectivity index (χ1v) is 4.30. The van der Waals surface area contributed by atoms with Crippen LogP contribution in [0.4, 0.5) is 0 Å². The third kappa shape index (κ3) is 7.07. The highest BCUT2D eigenvalue weighted by Gasteiger charge is 1.78. The van der Waals surface area contributed by atoms with Gasteiger partial charge in [-0.3, -0.25) is 0 Å². The first-order chi connectivity index (χ1) is 7.07. The van der Waals surface area contributed by atoms with Gasteiger partial charge in [0.15, 0.2) is 0 Å². The quantitative estimate of drug-likeness (QED) is 0.588. The fourth-order valence-corrected chi connectivity index (χ4v) is 0.650. The molecule has 1 N–H and O–H groups in total. The molecule has 0 amide bonds. The number of hydrogen-bond donors (Lipinski definition) is 1. The molecule has 0 aliphatic carbocycles. The molecule has 0 saturated heterocycles. The Kier molecular flexibility index (Phi) is 6.38. The van der Waals surface area contributed by atoms with Gasteiger partial charge in [-0.2, -0.15) is 0 Å². The molecule has 80 valence electrons. The molecule has 0 bridgehead atoms. The van der Waals surface area contributed by atoms with E-state index in [4.69, 9.17) is 5.11 Å². The van der Waals surface area contributed by atoms with Crippen molar-refractivity contribution < 1.29 is 15.0 Å². The monoisotopic (exact) mass is 205 g/mol. The highest BCUT2D eigenvalue weighted by Crippen LogP contribution is 1.98. The van der Waals surface area contributed by atoms with Crippen LogP contribution in [0.5, 0.6) is 0 Å². The van der Waals surface area contributed by atoms with E-state index < -0.39 is 5.97 Å². The molecule has 0 aromatic heterocycles. The van der Waals surface area contributed by atoms with Crippen LogP contribution in [-0.4, -0.2) is 11.1 Å². The molecular weight excluding hydrogens is 192 g/mol. The van der Waals surface area contributed by atoms with Crippen LogP contribution in [-0.2, 0) is 4.79 Å². The standard InChI is InChI=1S/C8H8O.C4H6O2/c9-7-6-8-4-2-1-3-5-8;1-3(2)4(5)6/h1-7,9H;1H2,2H3,(H,5,6)/p-1. The van der Waals surface area contributed by atoms with Gasteiger partial charge < -0.3 is 15.0 Å². The summed E-state index contributed by atoms with van der Waals surface area (Å²) in [6, 6.07) is 9.64. The van der Waals surface area contributed by atoms with Crippen LogP contribution in [0.25, 0.3) is 6.08 Å². The van der Waals surface area contributed by atoms with Crippen molar-refractivity contribution in [1.82, 2.24) is 0 Å². The number of benzene rings is 1. The molecule has 3 heteroatoms. The Morgan fingerprint density at radius 2 is 1.87 bits per heavy atom. The maximum Gasteiger partial charge on any atom is 0.0797 e. The van der Waals surface area contributed by atoms with Gasteiger partial charge in [-0.15, -0.1) is 0 Å². The third-order valence-electron chi connectivity index (χ3n) is 1.42. The van der Waals surface area contributed by atoms with Gasteiger partial charge in [0.25, 0.3) is 0 Å². The smallest absolute Gasteiger partial charge is 0.0797 e. The second-order valence-corrected chi connectivity index (χ2v) is 2.79. The topological polar surface area (TPSA) is 60.4 Å². The van der Waals surface area contributed by atoms with Gasteiger partial charge in [0, 0.05) is 0 Å². The SMILES string of the molecule is C=C(C)C(=O)[O-].OC=Cc1ccccc1. The summed E-state index contributed by atoms with van der Waals surface area (Å²) >= 11 is 0. The Morgan fingerprint density at radius 1 is 1.40 bits per heavy atom. The molecule has 0 aliphatic rings. The van der Waals surface area contributed by atoms with Crippen LogP contribution in [0.2, 0.25) is 0 Å². The van der Waals surface area contributed by atoms with Crippen molar-refractivity contribution in [1.29, 1.82) is 0 Å². The summed E-state index contributed by atoms with van der Waals surface area (Å²) in [6.45, 7) is 4.48. The van der Waals surface area contributed by atoms with E-state index in [0.29, 0.717) is 0 Å². The van der Waals surface area contributed by atoms with E-state index in [1.807, 2.05) is 30.3 Å². The molecule has 1 rings (SSSR count). The molecule has 0 spiro atoms. The number of carbonyl (C=O) groups is 1. The molecule has 0 fully saturated rings. The maximum atomic E-state index is 9.49. The van der Waals surface area contributed by atoms with Gasteiger partial charge in [0.2, 0.25) is 0 Å². The van der Waals surface area contributed by atoms with Crippen LogP contribution in [0.15, 0.2) is 48.7 Å². The molecule has 3 nitrogen and oxygen atoms in total. The number of carboxylic acids is 1. The van der Waals surface area contributed by atoms with Crippen LogP contribution in [0.1, 0.15) is 12.5 Å². The van der Waals surface area contributed by atoms with Crippen LogP contribution < -0.4 is 5.11 Å². The van der Waals surface area contributed by atoms with E-state index in [0.717, 1.165) is 11.8 Å². The normalized spacial score (nSPS) is 9.13. The number of carboxylic acid groups (broad SMARTS) is 1. The van der Waals surface area contributed by atoms with Crippen molar-refractivity contribution in [3.63, 3.8) is 0 Å². The zero-order valence-corrected chi connectivity index (χ0v) is 8.51. The number of aliphatic hydroxyl groups is 1. The lowest BCUT2D eigenvalue weighted by Gasteiger charge is -1.93. The molecule has 1 aromatic carbocycles. The van der Waals surface area contributed by atoms with Crippen molar-refractivity contribution in [2.75, 3.05) is 0 Å². The predicted octanol–water partition coefficient (Wildman–Crippen LogP) is 1.53. The summed E-state index contributed by atoms with van der Waals surface area (Å²) in [5, 5.41) is 17.8. The van der Waals surface area contributed by atoms with Gasteiger partial charge in [0.05, 0.1) is 12.2 Å². The first kappa shape index (κ1) is 13.0. The minimum absolute atomic E-state index is 0.0648. The Morgan fingerprint density at radius 3 is 2.20 bits per heavy atom. The van der Waals surface area contributed by atoms with Gasteiger partial charge >= 0.3 is 0 Å². The Hall–Kier alpha value is -2.03.